The van der Waals surface area contributed by atoms with Gasteiger partial charge in [-0.3, -0.25) is 0 Å². The molecule has 0 aromatic rings. The highest BCUT2D eigenvalue weighted by molar-refractivity contribution is 4.59. The number of rotatable bonds is 7. The van der Waals surface area contributed by atoms with E-state index in [2.05, 4.69) is 27.7 Å². The van der Waals surface area contributed by atoms with Gasteiger partial charge in [0.15, 0.2) is 0 Å². The van der Waals surface area contributed by atoms with E-state index in [1.165, 1.54) is 38.5 Å². The predicted molar refractivity (Wildman–Crippen MR) is 57.4 cm³/mol. The van der Waals surface area contributed by atoms with Crippen molar-refractivity contribution in [2.45, 2.75) is 66.2 Å². The largest absolute Gasteiger partial charge is 0.0654 e. The van der Waals surface area contributed by atoms with Crippen LogP contribution in [0.15, 0.2) is 0 Å². The van der Waals surface area contributed by atoms with Crippen molar-refractivity contribution in [3.8, 4) is 0 Å². The maximum absolute atomic E-state index is 2.40. The maximum atomic E-state index is 2.40. The van der Waals surface area contributed by atoms with Gasteiger partial charge in [-0.05, 0) is 18.3 Å². The van der Waals surface area contributed by atoms with Gasteiger partial charge in [0.2, 0.25) is 0 Å². The van der Waals surface area contributed by atoms with Crippen LogP contribution in [-0.2, 0) is 0 Å². The lowest BCUT2D eigenvalue weighted by Gasteiger charge is -2.15. The quantitative estimate of drug-likeness (QED) is 0.522. The third kappa shape index (κ3) is 6.69. The van der Waals surface area contributed by atoms with Crippen LogP contribution in [0, 0.1) is 11.8 Å². The molecule has 0 heteroatoms. The van der Waals surface area contributed by atoms with E-state index < -0.39 is 0 Å². The van der Waals surface area contributed by atoms with E-state index in [1.807, 2.05) is 0 Å². The molecule has 0 fully saturated rings. The van der Waals surface area contributed by atoms with E-state index in [1.54, 1.807) is 0 Å². The lowest BCUT2D eigenvalue weighted by molar-refractivity contribution is 0.368. The molecule has 0 spiro atoms. The Bertz CT molecular complexity index is 86.0. The zero-order chi connectivity index (χ0) is 9.40. The van der Waals surface area contributed by atoms with E-state index in [4.69, 9.17) is 0 Å². The van der Waals surface area contributed by atoms with Gasteiger partial charge in [0.1, 0.15) is 0 Å². The summed E-state index contributed by atoms with van der Waals surface area (Å²) in [5.74, 6) is 1.90. The van der Waals surface area contributed by atoms with Gasteiger partial charge >= 0.3 is 0 Å². The molecule has 12 heavy (non-hydrogen) atoms. The summed E-state index contributed by atoms with van der Waals surface area (Å²) in [5, 5.41) is 0. The first kappa shape index (κ1) is 12.0. The molecule has 0 amide bonds. The zero-order valence-corrected chi connectivity index (χ0v) is 9.40. The Morgan fingerprint density at radius 2 is 1.42 bits per heavy atom. The summed E-state index contributed by atoms with van der Waals surface area (Å²) < 4.78 is 0. The van der Waals surface area contributed by atoms with Crippen molar-refractivity contribution in [3.63, 3.8) is 0 Å². The summed E-state index contributed by atoms with van der Waals surface area (Å²) in [5.41, 5.74) is 0. The SMILES string of the molecule is CCCC[C@@H](C)C[C@H](C)CCC. The minimum atomic E-state index is 0.946. The highest BCUT2D eigenvalue weighted by atomic mass is 14.1. The standard InChI is InChI=1S/C12H26/c1-5-7-9-12(4)10-11(3)8-6-2/h11-12H,5-10H2,1-4H3/t11-,12-/m1/s1. The Labute approximate surface area is 78.8 Å². The highest BCUT2D eigenvalue weighted by Gasteiger charge is 2.06. The molecule has 0 aromatic carbocycles. The highest BCUT2D eigenvalue weighted by Crippen LogP contribution is 2.20. The predicted octanol–water partition coefficient (Wildman–Crippen LogP) is 4.64. The molecule has 0 heterocycles. The molecule has 0 aliphatic heterocycles. The summed E-state index contributed by atoms with van der Waals surface area (Å²) >= 11 is 0. The van der Waals surface area contributed by atoms with Crippen LogP contribution in [0.5, 0.6) is 0 Å². The molecule has 0 aromatic heterocycles. The molecule has 0 radical (unpaired) electrons. The van der Waals surface area contributed by atoms with Crippen LogP contribution in [0.2, 0.25) is 0 Å². The fraction of sp³-hybridized carbons (Fsp3) is 1.00. The molecule has 0 rings (SSSR count). The lowest BCUT2D eigenvalue weighted by Crippen LogP contribution is -2.02. The Morgan fingerprint density at radius 3 is 1.92 bits per heavy atom. The summed E-state index contributed by atoms with van der Waals surface area (Å²) in [6.45, 7) is 9.36. The average Bonchev–Trinajstić information content (AvgIpc) is 2.01. The molecule has 0 N–H and O–H groups in total. The van der Waals surface area contributed by atoms with Gasteiger partial charge in [-0.25, -0.2) is 0 Å². The molecule has 0 saturated heterocycles. The van der Waals surface area contributed by atoms with Crippen LogP contribution in [0.4, 0.5) is 0 Å². The Balaban J connectivity index is 3.33. The van der Waals surface area contributed by atoms with E-state index in [0.29, 0.717) is 0 Å². The van der Waals surface area contributed by atoms with Crippen molar-refractivity contribution in [3.05, 3.63) is 0 Å². The molecule has 0 unspecified atom stereocenters. The summed E-state index contributed by atoms with van der Waals surface area (Å²) in [7, 11) is 0. The molecule has 0 aliphatic rings. The minimum absolute atomic E-state index is 0.946. The molecular weight excluding hydrogens is 144 g/mol. The normalized spacial score (nSPS) is 16.0. The van der Waals surface area contributed by atoms with Gasteiger partial charge in [-0.2, -0.15) is 0 Å². The number of hydrogen-bond donors (Lipinski definition) is 0. The first-order chi connectivity index (χ1) is 5.70. The topological polar surface area (TPSA) is 0 Å². The van der Waals surface area contributed by atoms with Gasteiger partial charge in [0.05, 0.1) is 0 Å². The Kier molecular flexibility index (Phi) is 7.64. The molecule has 74 valence electrons. The van der Waals surface area contributed by atoms with Gasteiger partial charge in [0.25, 0.3) is 0 Å². The van der Waals surface area contributed by atoms with Crippen molar-refractivity contribution in [1.29, 1.82) is 0 Å². The van der Waals surface area contributed by atoms with Crippen molar-refractivity contribution in [1.82, 2.24) is 0 Å². The smallest absolute Gasteiger partial charge is 0.0440 e. The minimum Gasteiger partial charge on any atom is -0.0654 e. The third-order valence-electron chi connectivity index (χ3n) is 2.64. The van der Waals surface area contributed by atoms with E-state index in [0.717, 1.165) is 11.8 Å². The third-order valence-corrected chi connectivity index (χ3v) is 2.64. The van der Waals surface area contributed by atoms with Crippen LogP contribution in [0.25, 0.3) is 0 Å². The van der Waals surface area contributed by atoms with Gasteiger partial charge in [-0.15, -0.1) is 0 Å². The second-order valence-corrected chi connectivity index (χ2v) is 4.38. The Hall–Kier alpha value is 0. The molecule has 0 bridgehead atoms. The number of unbranched alkanes of at least 4 members (excludes halogenated alkanes) is 1. The van der Waals surface area contributed by atoms with Crippen LogP contribution in [-0.4, -0.2) is 0 Å². The molecule has 0 nitrogen and oxygen atoms in total. The van der Waals surface area contributed by atoms with Crippen LogP contribution >= 0.6 is 0 Å². The second-order valence-electron chi connectivity index (χ2n) is 4.38. The van der Waals surface area contributed by atoms with Crippen molar-refractivity contribution in [2.75, 3.05) is 0 Å². The van der Waals surface area contributed by atoms with Crippen LogP contribution in [0.1, 0.15) is 66.2 Å². The Morgan fingerprint density at radius 1 is 0.833 bits per heavy atom. The van der Waals surface area contributed by atoms with Gasteiger partial charge in [-0.1, -0.05) is 59.8 Å². The molecule has 2 atom stereocenters. The van der Waals surface area contributed by atoms with Gasteiger partial charge in [0, 0.05) is 0 Å². The van der Waals surface area contributed by atoms with Crippen molar-refractivity contribution >= 4 is 0 Å². The zero-order valence-electron chi connectivity index (χ0n) is 9.40. The van der Waals surface area contributed by atoms with Gasteiger partial charge < -0.3 is 0 Å². The number of hydrogen-bond acceptors (Lipinski definition) is 0. The molecule has 0 aliphatic carbocycles. The van der Waals surface area contributed by atoms with Crippen molar-refractivity contribution in [2.24, 2.45) is 11.8 Å². The second kappa shape index (κ2) is 7.64. The fourth-order valence-corrected chi connectivity index (χ4v) is 1.97. The summed E-state index contributed by atoms with van der Waals surface area (Å²) in [6.07, 6.45) is 8.41. The molecular formula is C12H26. The first-order valence-corrected chi connectivity index (χ1v) is 5.70. The fourth-order valence-electron chi connectivity index (χ4n) is 1.97. The van der Waals surface area contributed by atoms with E-state index in [-0.39, 0.29) is 0 Å². The summed E-state index contributed by atoms with van der Waals surface area (Å²) in [6, 6.07) is 0. The first-order valence-electron chi connectivity index (χ1n) is 5.70. The van der Waals surface area contributed by atoms with E-state index >= 15 is 0 Å². The monoisotopic (exact) mass is 170 g/mol. The van der Waals surface area contributed by atoms with Crippen LogP contribution < -0.4 is 0 Å². The lowest BCUT2D eigenvalue weighted by atomic mass is 9.91. The summed E-state index contributed by atoms with van der Waals surface area (Å²) in [4.78, 5) is 0. The maximum Gasteiger partial charge on any atom is -0.0440 e. The molecule has 0 saturated carbocycles. The van der Waals surface area contributed by atoms with E-state index in [9.17, 15) is 0 Å². The average molecular weight is 170 g/mol. The van der Waals surface area contributed by atoms with Crippen LogP contribution in [0.3, 0.4) is 0 Å². The van der Waals surface area contributed by atoms with Crippen molar-refractivity contribution < 1.29 is 0 Å².